The summed E-state index contributed by atoms with van der Waals surface area (Å²) in [5, 5.41) is 0. The molecule has 0 radical (unpaired) electrons. The first kappa shape index (κ1) is 18.3. The molecular formula is C22H25N5O. The predicted octanol–water partition coefficient (Wildman–Crippen LogP) is 2.25. The number of piperazine rings is 1. The Hall–Kier alpha value is -3.12. The fraction of sp³-hybridized carbons (Fsp3) is 0.273. The number of carbonyl (C=O) groups is 1. The largest absolute Gasteiger partial charge is 0.386 e. The molecule has 4 rings (SSSR count). The minimum absolute atomic E-state index is 0.0967. The first-order chi connectivity index (χ1) is 13.6. The molecule has 2 heterocycles. The Morgan fingerprint density at radius 2 is 1.64 bits per heavy atom. The van der Waals surface area contributed by atoms with Crippen LogP contribution in [0.15, 0.2) is 65.8 Å². The van der Waals surface area contributed by atoms with E-state index in [1.165, 1.54) is 0 Å². The molecule has 0 saturated carbocycles. The van der Waals surface area contributed by atoms with E-state index in [0.29, 0.717) is 12.4 Å². The standard InChI is InChI=1S/C22H25N5O/c1-25-11-13-26(14-12-25)22(28)18-9-7-17(8-10-18)20-15-24-21(23)16-27(20)19-5-3-2-4-6-19/h2-10,15H,11-14,16H2,1H3,(H2,23,24). The zero-order chi connectivity index (χ0) is 19.5. The molecule has 0 aliphatic carbocycles. The summed E-state index contributed by atoms with van der Waals surface area (Å²) in [5.74, 6) is 0.675. The minimum Gasteiger partial charge on any atom is -0.386 e. The molecular weight excluding hydrogens is 350 g/mol. The summed E-state index contributed by atoms with van der Waals surface area (Å²) in [7, 11) is 2.09. The van der Waals surface area contributed by atoms with Crippen LogP contribution in [0.4, 0.5) is 5.69 Å². The van der Waals surface area contributed by atoms with Crippen molar-refractivity contribution in [2.45, 2.75) is 0 Å². The van der Waals surface area contributed by atoms with Crippen LogP contribution in [0.1, 0.15) is 15.9 Å². The van der Waals surface area contributed by atoms with E-state index < -0.39 is 0 Å². The summed E-state index contributed by atoms with van der Waals surface area (Å²) >= 11 is 0. The third kappa shape index (κ3) is 3.77. The topological polar surface area (TPSA) is 65.2 Å². The maximum Gasteiger partial charge on any atom is 0.253 e. The van der Waals surface area contributed by atoms with Crippen molar-refractivity contribution in [2.24, 2.45) is 10.7 Å². The van der Waals surface area contributed by atoms with Gasteiger partial charge in [-0.1, -0.05) is 30.3 Å². The van der Waals surface area contributed by atoms with Gasteiger partial charge in [-0.3, -0.25) is 4.79 Å². The zero-order valence-corrected chi connectivity index (χ0v) is 16.1. The molecule has 28 heavy (non-hydrogen) atoms. The normalized spacial score (nSPS) is 17.9. The number of likely N-dealkylation sites (N-methyl/N-ethyl adjacent to an activating group) is 1. The molecule has 2 aliphatic rings. The summed E-state index contributed by atoms with van der Waals surface area (Å²) in [4.78, 5) is 23.4. The zero-order valence-electron chi connectivity index (χ0n) is 16.1. The molecule has 0 atom stereocenters. The number of amidine groups is 1. The number of amides is 1. The van der Waals surface area contributed by atoms with Gasteiger partial charge in [-0.15, -0.1) is 0 Å². The van der Waals surface area contributed by atoms with Gasteiger partial charge in [-0.25, -0.2) is 4.99 Å². The van der Waals surface area contributed by atoms with E-state index in [9.17, 15) is 4.79 Å². The Bertz CT molecular complexity index is 896. The van der Waals surface area contributed by atoms with Gasteiger partial charge in [0.1, 0.15) is 5.84 Å². The highest BCUT2D eigenvalue weighted by molar-refractivity contribution is 5.97. The summed E-state index contributed by atoms with van der Waals surface area (Å²) < 4.78 is 0. The maximum absolute atomic E-state index is 12.8. The number of benzene rings is 2. The van der Waals surface area contributed by atoms with Crippen molar-refractivity contribution in [1.29, 1.82) is 0 Å². The SMILES string of the molecule is CN1CCN(C(=O)c2ccc(C3=CN=C(N)CN3c3ccccc3)cc2)CC1. The van der Waals surface area contributed by atoms with Crippen molar-refractivity contribution >= 4 is 23.1 Å². The minimum atomic E-state index is 0.0967. The lowest BCUT2D eigenvalue weighted by molar-refractivity contribution is 0.0664. The highest BCUT2D eigenvalue weighted by Crippen LogP contribution is 2.28. The van der Waals surface area contributed by atoms with Gasteiger partial charge in [0.05, 0.1) is 18.4 Å². The van der Waals surface area contributed by atoms with E-state index in [-0.39, 0.29) is 5.91 Å². The first-order valence-electron chi connectivity index (χ1n) is 9.55. The van der Waals surface area contributed by atoms with E-state index in [2.05, 4.69) is 34.0 Å². The van der Waals surface area contributed by atoms with Gasteiger partial charge in [0.15, 0.2) is 0 Å². The number of carbonyl (C=O) groups excluding carboxylic acids is 1. The van der Waals surface area contributed by atoms with Crippen molar-refractivity contribution in [3.8, 4) is 0 Å². The van der Waals surface area contributed by atoms with Crippen LogP contribution in [-0.4, -0.2) is 61.3 Å². The summed E-state index contributed by atoms with van der Waals surface area (Å²) in [5.41, 5.74) is 9.73. The molecule has 144 valence electrons. The van der Waals surface area contributed by atoms with Crippen LogP contribution < -0.4 is 10.6 Å². The molecule has 2 aliphatic heterocycles. The highest BCUT2D eigenvalue weighted by Gasteiger charge is 2.22. The van der Waals surface area contributed by atoms with Gasteiger partial charge < -0.3 is 20.4 Å². The number of hydrogen-bond acceptors (Lipinski definition) is 5. The lowest BCUT2D eigenvalue weighted by Gasteiger charge is -2.32. The van der Waals surface area contributed by atoms with E-state index in [1.54, 1.807) is 6.20 Å². The Kier molecular flexibility index (Phi) is 5.12. The van der Waals surface area contributed by atoms with Gasteiger partial charge in [-0.2, -0.15) is 0 Å². The van der Waals surface area contributed by atoms with E-state index >= 15 is 0 Å². The lowest BCUT2D eigenvalue weighted by atomic mass is 10.1. The average molecular weight is 375 g/mol. The Balaban J connectivity index is 1.56. The molecule has 0 bridgehead atoms. The average Bonchev–Trinajstić information content (AvgIpc) is 2.74. The second-order valence-electron chi connectivity index (χ2n) is 7.23. The molecule has 0 spiro atoms. The smallest absolute Gasteiger partial charge is 0.253 e. The van der Waals surface area contributed by atoms with Crippen molar-refractivity contribution in [1.82, 2.24) is 9.80 Å². The van der Waals surface area contributed by atoms with E-state index in [0.717, 1.165) is 48.7 Å². The van der Waals surface area contributed by atoms with Crippen LogP contribution >= 0.6 is 0 Å². The van der Waals surface area contributed by atoms with Crippen LogP contribution in [0.2, 0.25) is 0 Å². The Labute approximate surface area is 165 Å². The molecule has 2 N–H and O–H groups in total. The fourth-order valence-electron chi connectivity index (χ4n) is 3.55. The predicted molar refractivity (Wildman–Crippen MR) is 113 cm³/mol. The van der Waals surface area contributed by atoms with Gasteiger partial charge >= 0.3 is 0 Å². The monoisotopic (exact) mass is 375 g/mol. The fourth-order valence-corrected chi connectivity index (χ4v) is 3.55. The van der Waals surface area contributed by atoms with Crippen LogP contribution in [-0.2, 0) is 0 Å². The Morgan fingerprint density at radius 3 is 2.32 bits per heavy atom. The van der Waals surface area contributed by atoms with Crippen LogP contribution in [0.5, 0.6) is 0 Å². The van der Waals surface area contributed by atoms with Crippen LogP contribution in [0.3, 0.4) is 0 Å². The highest BCUT2D eigenvalue weighted by atomic mass is 16.2. The van der Waals surface area contributed by atoms with Crippen molar-refractivity contribution in [3.05, 3.63) is 71.9 Å². The number of anilines is 1. The molecule has 6 heteroatoms. The van der Waals surface area contributed by atoms with Crippen LogP contribution in [0, 0.1) is 0 Å². The van der Waals surface area contributed by atoms with E-state index in [1.807, 2.05) is 47.4 Å². The lowest BCUT2D eigenvalue weighted by Crippen LogP contribution is -2.47. The molecule has 2 aromatic rings. The van der Waals surface area contributed by atoms with Gasteiger partial charge in [0.2, 0.25) is 0 Å². The number of rotatable bonds is 3. The summed E-state index contributed by atoms with van der Waals surface area (Å²) in [6.45, 7) is 3.93. The number of aliphatic imine (C=N–C) groups is 1. The number of para-hydroxylation sites is 1. The quantitative estimate of drug-likeness (QED) is 0.894. The molecule has 1 saturated heterocycles. The molecule has 2 aromatic carbocycles. The van der Waals surface area contributed by atoms with Gasteiger partial charge in [-0.05, 0) is 36.9 Å². The number of hydrogen-bond donors (Lipinski definition) is 1. The Morgan fingerprint density at radius 1 is 0.964 bits per heavy atom. The first-order valence-corrected chi connectivity index (χ1v) is 9.55. The van der Waals surface area contributed by atoms with Crippen molar-refractivity contribution < 1.29 is 4.79 Å². The summed E-state index contributed by atoms with van der Waals surface area (Å²) in [6, 6.07) is 17.9. The van der Waals surface area contributed by atoms with Crippen molar-refractivity contribution in [2.75, 3.05) is 44.7 Å². The van der Waals surface area contributed by atoms with Gasteiger partial charge in [0, 0.05) is 37.4 Å². The number of nitrogens with zero attached hydrogens (tertiary/aromatic N) is 4. The molecule has 0 aromatic heterocycles. The van der Waals surface area contributed by atoms with Gasteiger partial charge in [0.25, 0.3) is 5.91 Å². The van der Waals surface area contributed by atoms with E-state index in [4.69, 9.17) is 5.73 Å². The maximum atomic E-state index is 12.8. The molecule has 1 fully saturated rings. The number of nitrogens with two attached hydrogens (primary N) is 1. The third-order valence-electron chi connectivity index (χ3n) is 5.25. The molecule has 1 amide bonds. The second kappa shape index (κ2) is 7.86. The molecule has 6 nitrogen and oxygen atoms in total. The van der Waals surface area contributed by atoms with Crippen LogP contribution in [0.25, 0.3) is 5.70 Å². The third-order valence-corrected chi connectivity index (χ3v) is 5.25. The second-order valence-corrected chi connectivity index (χ2v) is 7.23. The molecule has 0 unspecified atom stereocenters. The summed E-state index contributed by atoms with van der Waals surface area (Å²) in [6.07, 6.45) is 1.79. The van der Waals surface area contributed by atoms with Crippen molar-refractivity contribution in [3.63, 3.8) is 0 Å².